The second-order valence-electron chi connectivity index (χ2n) is 10.2. The number of rotatable bonds is 4. The molecule has 1 aromatic carbocycles. The summed E-state index contributed by atoms with van der Waals surface area (Å²) in [7, 11) is 2.01. The highest BCUT2D eigenvalue weighted by molar-refractivity contribution is 6.02. The van der Waals surface area contributed by atoms with E-state index >= 15 is 0 Å². The van der Waals surface area contributed by atoms with Crippen molar-refractivity contribution in [1.29, 1.82) is 0 Å². The summed E-state index contributed by atoms with van der Waals surface area (Å²) in [6.07, 6.45) is 6.10. The molecule has 1 fully saturated rings. The molecule has 0 saturated carbocycles. The molecule has 192 valence electrons. The van der Waals surface area contributed by atoms with Crippen LogP contribution in [0.5, 0.6) is 11.8 Å². The van der Waals surface area contributed by atoms with Crippen molar-refractivity contribution in [3.05, 3.63) is 54.7 Å². The second kappa shape index (κ2) is 9.68. The fourth-order valence-electron chi connectivity index (χ4n) is 4.86. The van der Waals surface area contributed by atoms with Crippen LogP contribution in [0.4, 0.5) is 10.6 Å². The summed E-state index contributed by atoms with van der Waals surface area (Å²) in [5.74, 6) is 1.28. The highest BCUT2D eigenvalue weighted by Gasteiger charge is 2.32. The van der Waals surface area contributed by atoms with Gasteiger partial charge in [0, 0.05) is 49.7 Å². The molecule has 0 unspecified atom stereocenters. The van der Waals surface area contributed by atoms with Gasteiger partial charge in [-0.2, -0.15) is 0 Å². The SMILES string of the molecule is Cn1c(C2CCN(C(=O)OC(C)(C)C)CC2)c(-c2ccc(Oc3ncccn3)cc2)c2c(N)ncnc21. The van der Waals surface area contributed by atoms with Crippen LogP contribution in [-0.2, 0) is 11.8 Å². The average Bonchev–Trinajstić information content (AvgIpc) is 3.18. The lowest BCUT2D eigenvalue weighted by atomic mass is 9.88. The van der Waals surface area contributed by atoms with Gasteiger partial charge in [-0.3, -0.25) is 0 Å². The number of hydrogen-bond donors (Lipinski definition) is 1. The molecule has 4 aromatic rings. The van der Waals surface area contributed by atoms with Crippen molar-refractivity contribution in [1.82, 2.24) is 29.4 Å². The Bertz CT molecular complexity index is 1400. The lowest BCUT2D eigenvalue weighted by Gasteiger charge is -2.34. The summed E-state index contributed by atoms with van der Waals surface area (Å²) >= 11 is 0. The molecule has 10 heteroatoms. The van der Waals surface area contributed by atoms with E-state index in [1.165, 1.54) is 6.33 Å². The predicted molar refractivity (Wildman–Crippen MR) is 140 cm³/mol. The largest absolute Gasteiger partial charge is 0.444 e. The molecular weight excluding hydrogens is 470 g/mol. The Morgan fingerprint density at radius 1 is 1.03 bits per heavy atom. The minimum Gasteiger partial charge on any atom is -0.444 e. The molecule has 37 heavy (non-hydrogen) atoms. The normalized spacial score (nSPS) is 14.6. The Balaban J connectivity index is 1.47. The standard InChI is InChI=1S/C27H31N7O3/c1-27(2,3)37-26(35)34-14-10-18(11-15-34)22-20(21-23(28)31-16-32-24(21)33(22)4)17-6-8-19(9-7-17)36-25-29-12-5-13-30-25/h5-9,12-13,16,18H,10-11,14-15H2,1-4H3,(H2,28,31,32). The van der Waals surface area contributed by atoms with Crippen LogP contribution in [0.3, 0.4) is 0 Å². The monoisotopic (exact) mass is 501 g/mol. The van der Waals surface area contributed by atoms with Crippen molar-refractivity contribution in [2.24, 2.45) is 7.05 Å². The number of likely N-dealkylation sites (tertiary alicyclic amines) is 1. The molecule has 5 rings (SSSR count). The van der Waals surface area contributed by atoms with Crippen LogP contribution >= 0.6 is 0 Å². The third kappa shape index (κ3) is 5.04. The van der Waals surface area contributed by atoms with E-state index in [-0.39, 0.29) is 18.0 Å². The maximum atomic E-state index is 12.6. The zero-order valence-corrected chi connectivity index (χ0v) is 21.5. The number of hydrogen-bond acceptors (Lipinski definition) is 8. The number of aryl methyl sites for hydroxylation is 1. The molecule has 1 amide bonds. The molecule has 4 heterocycles. The molecule has 0 radical (unpaired) electrons. The van der Waals surface area contributed by atoms with E-state index in [1.54, 1.807) is 23.4 Å². The van der Waals surface area contributed by atoms with Gasteiger partial charge in [-0.1, -0.05) is 12.1 Å². The van der Waals surface area contributed by atoms with Crippen LogP contribution in [0.2, 0.25) is 0 Å². The van der Waals surface area contributed by atoms with E-state index in [1.807, 2.05) is 52.1 Å². The number of aromatic nitrogens is 5. The minimum absolute atomic E-state index is 0.209. The first-order valence-corrected chi connectivity index (χ1v) is 12.3. The van der Waals surface area contributed by atoms with Crippen molar-refractivity contribution in [2.45, 2.75) is 45.1 Å². The van der Waals surface area contributed by atoms with Gasteiger partial charge in [0.05, 0.1) is 5.39 Å². The predicted octanol–water partition coefficient (Wildman–Crippen LogP) is 4.91. The van der Waals surface area contributed by atoms with E-state index in [9.17, 15) is 4.79 Å². The van der Waals surface area contributed by atoms with Crippen LogP contribution in [0.1, 0.15) is 45.2 Å². The van der Waals surface area contributed by atoms with E-state index in [0.717, 1.165) is 40.7 Å². The zero-order chi connectivity index (χ0) is 26.2. The van der Waals surface area contributed by atoms with E-state index in [2.05, 4.69) is 24.5 Å². The summed E-state index contributed by atoms with van der Waals surface area (Å²) in [6.45, 7) is 6.88. The summed E-state index contributed by atoms with van der Waals surface area (Å²) in [4.78, 5) is 31.5. The third-order valence-corrected chi connectivity index (χ3v) is 6.47. The van der Waals surface area contributed by atoms with Gasteiger partial charge in [0.2, 0.25) is 0 Å². The van der Waals surface area contributed by atoms with Crippen LogP contribution in [0.25, 0.3) is 22.2 Å². The topological polar surface area (TPSA) is 121 Å². The smallest absolute Gasteiger partial charge is 0.410 e. The lowest BCUT2D eigenvalue weighted by Crippen LogP contribution is -2.41. The van der Waals surface area contributed by atoms with Crippen LogP contribution < -0.4 is 10.5 Å². The van der Waals surface area contributed by atoms with Crippen LogP contribution in [0, 0.1) is 0 Å². The zero-order valence-electron chi connectivity index (χ0n) is 21.5. The van der Waals surface area contributed by atoms with Crippen molar-refractivity contribution < 1.29 is 14.3 Å². The first-order valence-electron chi connectivity index (χ1n) is 12.3. The number of anilines is 1. The minimum atomic E-state index is -0.518. The number of nitrogens with two attached hydrogens (primary N) is 1. The van der Waals surface area contributed by atoms with Gasteiger partial charge in [-0.15, -0.1) is 0 Å². The molecule has 1 aliphatic heterocycles. The number of nitrogen functional groups attached to an aromatic ring is 1. The van der Waals surface area contributed by atoms with Gasteiger partial charge in [0.25, 0.3) is 0 Å². The Labute approximate surface area is 215 Å². The van der Waals surface area contributed by atoms with Crippen molar-refractivity contribution in [3.8, 4) is 22.9 Å². The number of piperidine rings is 1. The number of carbonyl (C=O) groups is 1. The number of fused-ring (bicyclic) bond motifs is 1. The van der Waals surface area contributed by atoms with Crippen LogP contribution in [-0.4, -0.2) is 54.2 Å². The number of nitrogens with zero attached hydrogens (tertiary/aromatic N) is 6. The number of benzene rings is 1. The van der Waals surface area contributed by atoms with Crippen molar-refractivity contribution in [3.63, 3.8) is 0 Å². The molecular formula is C27H31N7O3. The fourth-order valence-corrected chi connectivity index (χ4v) is 4.86. The molecule has 1 saturated heterocycles. The molecule has 3 aromatic heterocycles. The van der Waals surface area contributed by atoms with Gasteiger partial charge in [-0.05, 0) is 57.4 Å². The van der Waals surface area contributed by atoms with Crippen molar-refractivity contribution >= 4 is 22.9 Å². The molecule has 0 atom stereocenters. The second-order valence-corrected chi connectivity index (χ2v) is 10.2. The number of carbonyl (C=O) groups excluding carboxylic acids is 1. The van der Waals surface area contributed by atoms with Gasteiger partial charge < -0.3 is 24.7 Å². The highest BCUT2D eigenvalue weighted by atomic mass is 16.6. The van der Waals surface area contributed by atoms with Gasteiger partial charge >= 0.3 is 12.1 Å². The molecule has 0 spiro atoms. The molecule has 1 aliphatic rings. The Hall–Kier alpha value is -4.21. The van der Waals surface area contributed by atoms with Gasteiger partial charge in [0.1, 0.15) is 29.1 Å². The van der Waals surface area contributed by atoms with E-state index in [0.29, 0.717) is 24.7 Å². The first-order chi connectivity index (χ1) is 17.7. The van der Waals surface area contributed by atoms with Crippen LogP contribution in [0.15, 0.2) is 49.1 Å². The Morgan fingerprint density at radius 2 is 1.70 bits per heavy atom. The highest BCUT2D eigenvalue weighted by Crippen LogP contribution is 2.43. The molecule has 0 aliphatic carbocycles. The van der Waals surface area contributed by atoms with Gasteiger partial charge in [0.15, 0.2) is 0 Å². The summed E-state index contributed by atoms with van der Waals surface area (Å²) in [5, 5.41) is 0.828. The van der Waals surface area contributed by atoms with E-state index in [4.69, 9.17) is 15.2 Å². The third-order valence-electron chi connectivity index (χ3n) is 6.47. The summed E-state index contributed by atoms with van der Waals surface area (Å²) in [5.41, 5.74) is 9.77. The maximum absolute atomic E-state index is 12.6. The number of amides is 1. The van der Waals surface area contributed by atoms with E-state index < -0.39 is 5.60 Å². The first kappa shape index (κ1) is 24.5. The Kier molecular flexibility index (Phi) is 6.41. The summed E-state index contributed by atoms with van der Waals surface area (Å²) in [6, 6.07) is 9.80. The van der Waals surface area contributed by atoms with Gasteiger partial charge in [-0.25, -0.2) is 24.7 Å². The molecule has 2 N–H and O–H groups in total. The molecule has 0 bridgehead atoms. The van der Waals surface area contributed by atoms with Crippen molar-refractivity contribution in [2.75, 3.05) is 18.8 Å². The fraction of sp³-hybridized carbons (Fsp3) is 0.370. The lowest BCUT2D eigenvalue weighted by molar-refractivity contribution is 0.0203. The Morgan fingerprint density at radius 3 is 2.35 bits per heavy atom. The number of ether oxygens (including phenoxy) is 2. The molecule has 10 nitrogen and oxygen atoms in total. The summed E-state index contributed by atoms with van der Waals surface area (Å²) < 4.78 is 13.5. The average molecular weight is 502 g/mol. The quantitative estimate of drug-likeness (QED) is 0.418. The maximum Gasteiger partial charge on any atom is 0.410 e.